The summed E-state index contributed by atoms with van der Waals surface area (Å²) < 4.78 is 48.5. The van der Waals surface area contributed by atoms with Crippen LogP contribution in [-0.4, -0.2) is 273 Å². The Morgan fingerprint density at radius 3 is 1.31 bits per heavy atom. The molecule has 88 heavy (non-hydrogen) atoms. The Kier molecular flexibility index (Phi) is 48.2. The SMILES string of the molecule is NCCCNC(=O)CCOCC(COCCC(=O)NCCCNC(=O)CCCCO[C@H](OC(CO)CO)C(O)SO)(COCCC(=O)NCCCNC(=O)CCCCO[C@@H]1OC(CO)[C@@H](O)C(O)C1O)NC(=O)CCCC(=O)NCCCNC(=O)CCN. The lowest BCUT2D eigenvalue weighted by atomic mass is 9.99. The first-order valence-corrected chi connectivity index (χ1v) is 30.9. The van der Waals surface area contributed by atoms with E-state index in [1.54, 1.807) is 0 Å². The average molecular weight is 1290 g/mol. The monoisotopic (exact) mass is 1290 g/mol. The average Bonchev–Trinajstić information content (AvgIpc) is 2.74. The van der Waals surface area contributed by atoms with Crippen molar-refractivity contribution in [1.82, 2.24) is 42.5 Å². The van der Waals surface area contributed by atoms with Crippen LogP contribution in [0.25, 0.3) is 0 Å². The summed E-state index contributed by atoms with van der Waals surface area (Å²) in [6.07, 6.45) is -5.49. The van der Waals surface area contributed by atoms with Gasteiger partial charge in [0.05, 0.1) is 59.5 Å². The molecule has 8 amide bonds. The molecule has 1 saturated heterocycles. The molecule has 0 aromatic rings. The molecule has 0 saturated carbocycles. The van der Waals surface area contributed by atoms with Gasteiger partial charge in [-0.2, -0.15) is 0 Å². The molecule has 1 aliphatic rings. The van der Waals surface area contributed by atoms with Gasteiger partial charge in [0.2, 0.25) is 47.3 Å². The predicted molar refractivity (Wildman–Crippen MR) is 316 cm³/mol. The van der Waals surface area contributed by atoms with Gasteiger partial charge in [-0.05, 0) is 64.3 Å². The molecule has 33 nitrogen and oxygen atoms in total. The number of aliphatic hydroxyl groups excluding tert-OH is 7. The number of carbonyl (C=O) groups is 8. The molecule has 34 heteroatoms. The first kappa shape index (κ1) is 81.4. The van der Waals surface area contributed by atoms with Gasteiger partial charge in [-0.25, -0.2) is 0 Å². The van der Waals surface area contributed by atoms with Crippen molar-refractivity contribution in [3.8, 4) is 0 Å². The highest BCUT2D eigenvalue weighted by atomic mass is 32.2. The van der Waals surface area contributed by atoms with Gasteiger partial charge >= 0.3 is 0 Å². The summed E-state index contributed by atoms with van der Waals surface area (Å²) >= 11 is 0.0746. The standard InChI is InChI=1S/C54H102N10O23S/c55-18-6-20-57-44(72)15-29-81-35-54(64-47(75)13-5-12-42(70)60-23-7-24-61-43(71)14-19-56,37-83-31-17-46(74)63-26-9-22-59-41(69)11-2-4-28-85-53(51(79)88-80)86-38(32-65)33-66)36-82-30-16-45(73)62-25-8-21-58-40(68)10-1-3-27-84-52-50(78)49(77)48(76)39(34-67)87-52/h38-39,48-53,65-67,76-80H,1-37,55-56H2,(H,57,72)(H,58,68)(H,59,69)(H,60,70)(H,61,71)(H,62,73)(H,63,74)(H,64,75)/t39?,48-,49?,50?,51?,52-,53-,54?/m1/s1. The van der Waals surface area contributed by atoms with Crippen molar-refractivity contribution >= 4 is 59.3 Å². The molecule has 1 heterocycles. The number of hydrogen-bond acceptors (Lipinski definition) is 26. The molecule has 8 atom stereocenters. The number of amides is 8. The van der Waals surface area contributed by atoms with Gasteiger partial charge in [-0.3, -0.25) is 38.4 Å². The third-order valence-corrected chi connectivity index (χ3v) is 13.4. The molecule has 0 aromatic heterocycles. The molecular formula is C54H102N10O23S. The summed E-state index contributed by atoms with van der Waals surface area (Å²) in [4.78, 5) is 101. The van der Waals surface area contributed by atoms with E-state index in [1.807, 2.05) is 0 Å². The molecule has 1 fully saturated rings. The van der Waals surface area contributed by atoms with Crippen LogP contribution in [0.5, 0.6) is 0 Å². The van der Waals surface area contributed by atoms with Gasteiger partial charge in [-0.15, -0.1) is 0 Å². The third-order valence-electron chi connectivity index (χ3n) is 12.9. The maximum Gasteiger partial charge on any atom is 0.222 e. The van der Waals surface area contributed by atoms with Gasteiger partial charge in [0.15, 0.2) is 18.0 Å². The van der Waals surface area contributed by atoms with E-state index in [9.17, 15) is 78.7 Å². The van der Waals surface area contributed by atoms with Gasteiger partial charge in [0.1, 0.15) is 36.1 Å². The fourth-order valence-electron chi connectivity index (χ4n) is 7.96. The van der Waals surface area contributed by atoms with Crippen LogP contribution in [0.3, 0.4) is 0 Å². The minimum absolute atomic E-state index is 0.00919. The lowest BCUT2D eigenvalue weighted by molar-refractivity contribution is -0.301. The van der Waals surface area contributed by atoms with E-state index in [-0.39, 0.29) is 197 Å². The summed E-state index contributed by atoms with van der Waals surface area (Å²) in [5, 5.41) is 89.8. The number of hydrogen-bond donors (Lipinski definition) is 18. The highest BCUT2D eigenvalue weighted by Crippen LogP contribution is 2.22. The van der Waals surface area contributed by atoms with Crippen molar-refractivity contribution in [1.29, 1.82) is 0 Å². The van der Waals surface area contributed by atoms with Crippen LogP contribution in [0.4, 0.5) is 0 Å². The molecule has 0 aromatic carbocycles. The van der Waals surface area contributed by atoms with Crippen molar-refractivity contribution < 1.29 is 112 Å². The van der Waals surface area contributed by atoms with Crippen LogP contribution in [0.2, 0.25) is 0 Å². The van der Waals surface area contributed by atoms with Gasteiger partial charge in [0, 0.05) is 129 Å². The minimum atomic E-state index is -1.56. The highest BCUT2D eigenvalue weighted by Gasteiger charge is 2.44. The second-order valence-corrected chi connectivity index (χ2v) is 21.3. The van der Waals surface area contributed by atoms with E-state index >= 15 is 0 Å². The maximum absolute atomic E-state index is 13.6. The van der Waals surface area contributed by atoms with Crippen molar-refractivity contribution in [2.75, 3.05) is 132 Å². The van der Waals surface area contributed by atoms with Crippen LogP contribution in [-0.2, 0) is 71.5 Å². The van der Waals surface area contributed by atoms with Crippen LogP contribution < -0.4 is 54.0 Å². The van der Waals surface area contributed by atoms with Gasteiger partial charge < -0.3 is 127 Å². The van der Waals surface area contributed by atoms with Crippen molar-refractivity contribution in [3.63, 3.8) is 0 Å². The lowest BCUT2D eigenvalue weighted by Gasteiger charge is -2.39. The number of nitrogens with two attached hydrogens (primary N) is 2. The fraction of sp³-hybridized carbons (Fsp3) is 0.852. The zero-order chi connectivity index (χ0) is 65.2. The summed E-state index contributed by atoms with van der Waals surface area (Å²) in [6.45, 7) is -0.00182. The molecular weight excluding hydrogens is 1190 g/mol. The quantitative estimate of drug-likeness (QED) is 0.0153. The normalized spacial score (nSPS) is 17.9. The van der Waals surface area contributed by atoms with Crippen LogP contribution >= 0.6 is 12.0 Å². The summed E-state index contributed by atoms with van der Waals surface area (Å²) in [5.74, 6) is -2.52. The molecule has 0 bridgehead atoms. The molecule has 0 radical (unpaired) electrons. The zero-order valence-corrected chi connectivity index (χ0v) is 51.4. The van der Waals surface area contributed by atoms with Crippen molar-refractivity contribution in [3.05, 3.63) is 0 Å². The fourth-order valence-corrected chi connectivity index (χ4v) is 8.20. The van der Waals surface area contributed by atoms with Crippen molar-refractivity contribution in [2.24, 2.45) is 11.5 Å². The number of aliphatic hydroxyl groups is 7. The van der Waals surface area contributed by atoms with E-state index in [1.165, 1.54) is 0 Å². The summed E-state index contributed by atoms with van der Waals surface area (Å²) in [6, 6.07) is 0. The number of carbonyl (C=O) groups excluding carboxylic acids is 8. The first-order chi connectivity index (χ1) is 42.4. The molecule has 0 spiro atoms. The van der Waals surface area contributed by atoms with Crippen molar-refractivity contribution in [2.45, 2.75) is 163 Å². The maximum atomic E-state index is 13.6. The Hall–Kier alpha value is -4.57. The molecule has 1 aliphatic heterocycles. The summed E-state index contributed by atoms with van der Waals surface area (Å²) in [7, 11) is 0. The number of rotatable bonds is 56. The topological polar surface area (TPSA) is 511 Å². The van der Waals surface area contributed by atoms with Crippen LogP contribution in [0.15, 0.2) is 0 Å². The van der Waals surface area contributed by atoms with Gasteiger partial charge in [0.25, 0.3) is 0 Å². The molecule has 20 N–H and O–H groups in total. The first-order valence-electron chi connectivity index (χ1n) is 30.1. The molecule has 5 unspecified atom stereocenters. The van der Waals surface area contributed by atoms with E-state index in [4.69, 9.17) is 44.6 Å². The third kappa shape index (κ3) is 40.2. The predicted octanol–water partition coefficient (Wildman–Crippen LogP) is -5.69. The number of nitrogens with one attached hydrogen (secondary N) is 8. The Morgan fingerprint density at radius 2 is 0.886 bits per heavy atom. The van der Waals surface area contributed by atoms with Crippen LogP contribution in [0.1, 0.15) is 109 Å². The second-order valence-electron chi connectivity index (χ2n) is 20.6. The smallest absolute Gasteiger partial charge is 0.222 e. The van der Waals surface area contributed by atoms with E-state index in [0.29, 0.717) is 77.5 Å². The zero-order valence-electron chi connectivity index (χ0n) is 50.5. The Bertz CT molecular complexity index is 1870. The largest absolute Gasteiger partial charge is 0.394 e. The second kappa shape index (κ2) is 52.1. The highest BCUT2D eigenvalue weighted by molar-refractivity contribution is 7.94. The molecule has 1 rings (SSSR count). The van der Waals surface area contributed by atoms with E-state index in [2.05, 4.69) is 42.5 Å². The Balaban J connectivity index is 2.81. The lowest BCUT2D eigenvalue weighted by Crippen LogP contribution is -2.59. The van der Waals surface area contributed by atoms with E-state index < -0.39 is 79.8 Å². The molecule has 512 valence electrons. The summed E-state index contributed by atoms with van der Waals surface area (Å²) in [5.41, 5.74) is 8.01. The Labute approximate surface area is 518 Å². The molecule has 0 aliphatic carbocycles. The number of ether oxygens (including phenoxy) is 7. The van der Waals surface area contributed by atoms with Gasteiger partial charge in [-0.1, -0.05) is 0 Å². The number of unbranched alkanes of at least 4 members (excludes halogenated alkanes) is 2. The minimum Gasteiger partial charge on any atom is -0.394 e. The van der Waals surface area contributed by atoms with E-state index in [0.717, 1.165) is 0 Å². The van der Waals surface area contributed by atoms with Crippen LogP contribution in [0, 0.1) is 0 Å². The Morgan fingerprint density at radius 1 is 0.477 bits per heavy atom.